The first kappa shape index (κ1) is 19.2. The maximum Gasteiger partial charge on any atom is 0.243 e. The van der Waals surface area contributed by atoms with Gasteiger partial charge in [0.1, 0.15) is 6.04 Å². The zero-order valence-electron chi connectivity index (χ0n) is 14.7. The monoisotopic (exact) mass is 318 g/mol. The molecule has 0 heterocycles. The number of hydrogen-bond donors (Lipinski definition) is 1. The summed E-state index contributed by atoms with van der Waals surface area (Å²) in [5.41, 5.74) is 1.07. The Labute approximate surface area is 140 Å². The van der Waals surface area contributed by atoms with Gasteiger partial charge in [0.2, 0.25) is 11.8 Å². The third kappa shape index (κ3) is 6.43. The van der Waals surface area contributed by atoms with Gasteiger partial charge in [0.25, 0.3) is 0 Å². The largest absolute Gasteiger partial charge is 0.350 e. The summed E-state index contributed by atoms with van der Waals surface area (Å²) in [6.07, 6.45) is 3.89. The second kappa shape index (κ2) is 10.8. The Morgan fingerprint density at radius 1 is 1.09 bits per heavy atom. The standard InChI is InChI=1S/C19H30N2O2/c1-4-7-14-21(18(22)11-5-2)17(6-3)19(23)20-15-16-12-9-8-10-13-16/h8-10,12-13,17H,4-7,11,14-15H2,1-3H3,(H,20,23). The summed E-state index contributed by atoms with van der Waals surface area (Å²) in [5, 5.41) is 2.97. The van der Waals surface area contributed by atoms with Crippen LogP contribution in [0.3, 0.4) is 0 Å². The van der Waals surface area contributed by atoms with Crippen molar-refractivity contribution < 1.29 is 9.59 Å². The molecule has 0 saturated heterocycles. The SMILES string of the molecule is CCCCN(C(=O)CCC)C(CC)C(=O)NCc1ccccc1. The van der Waals surface area contributed by atoms with E-state index >= 15 is 0 Å². The zero-order valence-corrected chi connectivity index (χ0v) is 14.7. The first-order valence-electron chi connectivity index (χ1n) is 8.75. The second-order valence-corrected chi connectivity index (χ2v) is 5.82. The van der Waals surface area contributed by atoms with Gasteiger partial charge >= 0.3 is 0 Å². The maximum absolute atomic E-state index is 12.6. The highest BCUT2D eigenvalue weighted by Gasteiger charge is 2.27. The van der Waals surface area contributed by atoms with Crippen molar-refractivity contribution in [2.75, 3.05) is 6.54 Å². The van der Waals surface area contributed by atoms with Crippen molar-refractivity contribution in [1.29, 1.82) is 0 Å². The number of rotatable bonds is 10. The van der Waals surface area contributed by atoms with Crippen molar-refractivity contribution in [3.8, 4) is 0 Å². The van der Waals surface area contributed by atoms with Crippen LogP contribution in [0.5, 0.6) is 0 Å². The van der Waals surface area contributed by atoms with E-state index in [4.69, 9.17) is 0 Å². The van der Waals surface area contributed by atoms with E-state index in [1.165, 1.54) is 0 Å². The van der Waals surface area contributed by atoms with E-state index in [1.807, 2.05) is 44.2 Å². The van der Waals surface area contributed by atoms with Crippen LogP contribution in [0.1, 0.15) is 58.4 Å². The van der Waals surface area contributed by atoms with Crippen molar-refractivity contribution in [1.82, 2.24) is 10.2 Å². The lowest BCUT2D eigenvalue weighted by molar-refractivity contribution is -0.140. The molecule has 0 aliphatic carbocycles. The lowest BCUT2D eigenvalue weighted by Crippen LogP contribution is -2.49. The van der Waals surface area contributed by atoms with Crippen molar-refractivity contribution in [3.05, 3.63) is 35.9 Å². The molecule has 0 aliphatic rings. The number of unbranched alkanes of at least 4 members (excludes halogenated alkanes) is 1. The minimum absolute atomic E-state index is 0.0584. The Hall–Kier alpha value is -1.84. The molecule has 1 aromatic carbocycles. The van der Waals surface area contributed by atoms with Crippen molar-refractivity contribution in [2.45, 2.75) is 65.5 Å². The van der Waals surface area contributed by atoms with Gasteiger partial charge in [-0.3, -0.25) is 9.59 Å². The third-order valence-electron chi connectivity index (χ3n) is 3.91. The number of benzene rings is 1. The van der Waals surface area contributed by atoms with Crippen LogP contribution in [0.4, 0.5) is 0 Å². The fourth-order valence-corrected chi connectivity index (χ4v) is 2.59. The molecule has 4 nitrogen and oxygen atoms in total. The molecule has 0 bridgehead atoms. The maximum atomic E-state index is 12.6. The number of nitrogens with zero attached hydrogens (tertiary/aromatic N) is 1. The van der Waals surface area contributed by atoms with Gasteiger partial charge in [-0.1, -0.05) is 57.5 Å². The number of nitrogens with one attached hydrogen (secondary N) is 1. The van der Waals surface area contributed by atoms with E-state index in [-0.39, 0.29) is 17.9 Å². The summed E-state index contributed by atoms with van der Waals surface area (Å²) in [4.78, 5) is 26.7. The molecule has 4 heteroatoms. The van der Waals surface area contributed by atoms with E-state index in [9.17, 15) is 9.59 Å². The smallest absolute Gasteiger partial charge is 0.243 e. The number of hydrogen-bond acceptors (Lipinski definition) is 2. The highest BCUT2D eigenvalue weighted by atomic mass is 16.2. The highest BCUT2D eigenvalue weighted by Crippen LogP contribution is 2.11. The predicted octanol–water partition coefficient (Wildman–Crippen LogP) is 3.51. The summed E-state index contributed by atoms with van der Waals surface area (Å²) in [6.45, 7) is 7.21. The van der Waals surface area contributed by atoms with Crippen LogP contribution in [0, 0.1) is 0 Å². The van der Waals surface area contributed by atoms with E-state index in [1.54, 1.807) is 4.90 Å². The molecule has 23 heavy (non-hydrogen) atoms. The molecule has 1 N–H and O–H groups in total. The number of carbonyl (C=O) groups excluding carboxylic acids is 2. The molecule has 1 rings (SSSR count). The Bertz CT molecular complexity index is 474. The van der Waals surface area contributed by atoms with Gasteiger partial charge in [-0.2, -0.15) is 0 Å². The van der Waals surface area contributed by atoms with Crippen LogP contribution in [0.2, 0.25) is 0 Å². The van der Waals surface area contributed by atoms with Gasteiger partial charge in [-0.05, 0) is 24.8 Å². The number of carbonyl (C=O) groups is 2. The van der Waals surface area contributed by atoms with E-state index in [0.29, 0.717) is 25.9 Å². The molecule has 1 aromatic rings. The Morgan fingerprint density at radius 2 is 1.78 bits per heavy atom. The topological polar surface area (TPSA) is 49.4 Å². The van der Waals surface area contributed by atoms with Crippen LogP contribution in [-0.4, -0.2) is 29.3 Å². The third-order valence-corrected chi connectivity index (χ3v) is 3.91. The Morgan fingerprint density at radius 3 is 2.35 bits per heavy atom. The molecular formula is C19H30N2O2. The van der Waals surface area contributed by atoms with Crippen LogP contribution in [-0.2, 0) is 16.1 Å². The molecule has 0 spiro atoms. The van der Waals surface area contributed by atoms with E-state index in [0.717, 1.165) is 24.8 Å². The van der Waals surface area contributed by atoms with Gasteiger partial charge in [0, 0.05) is 19.5 Å². The summed E-state index contributed by atoms with van der Waals surface area (Å²) in [5.74, 6) is 0.0274. The fraction of sp³-hybridized carbons (Fsp3) is 0.579. The quantitative estimate of drug-likeness (QED) is 0.717. The minimum atomic E-state index is -0.371. The lowest BCUT2D eigenvalue weighted by atomic mass is 10.1. The second-order valence-electron chi connectivity index (χ2n) is 5.82. The Kier molecular flexibility index (Phi) is 9.03. The molecule has 128 valence electrons. The normalized spacial score (nSPS) is 11.8. The molecule has 2 amide bonds. The summed E-state index contributed by atoms with van der Waals surface area (Å²) < 4.78 is 0. The average molecular weight is 318 g/mol. The van der Waals surface area contributed by atoms with Crippen molar-refractivity contribution >= 4 is 11.8 Å². The summed E-state index contributed by atoms with van der Waals surface area (Å²) in [7, 11) is 0. The van der Waals surface area contributed by atoms with Crippen molar-refractivity contribution in [3.63, 3.8) is 0 Å². The summed E-state index contributed by atoms with van der Waals surface area (Å²) >= 11 is 0. The number of amides is 2. The fourth-order valence-electron chi connectivity index (χ4n) is 2.59. The van der Waals surface area contributed by atoms with Crippen LogP contribution in [0.15, 0.2) is 30.3 Å². The molecule has 1 atom stereocenters. The zero-order chi connectivity index (χ0) is 17.1. The predicted molar refractivity (Wildman–Crippen MR) is 93.9 cm³/mol. The lowest BCUT2D eigenvalue weighted by Gasteiger charge is -2.30. The molecule has 0 aliphatic heterocycles. The molecule has 1 unspecified atom stereocenters. The van der Waals surface area contributed by atoms with E-state index in [2.05, 4.69) is 12.2 Å². The molecule has 0 fully saturated rings. The van der Waals surface area contributed by atoms with Crippen molar-refractivity contribution in [2.24, 2.45) is 0 Å². The van der Waals surface area contributed by atoms with Gasteiger partial charge in [0.15, 0.2) is 0 Å². The van der Waals surface area contributed by atoms with Gasteiger partial charge in [-0.15, -0.1) is 0 Å². The average Bonchev–Trinajstić information content (AvgIpc) is 2.57. The van der Waals surface area contributed by atoms with Crippen LogP contribution >= 0.6 is 0 Å². The first-order valence-corrected chi connectivity index (χ1v) is 8.75. The van der Waals surface area contributed by atoms with Gasteiger partial charge in [-0.25, -0.2) is 0 Å². The van der Waals surface area contributed by atoms with Crippen LogP contribution in [0.25, 0.3) is 0 Å². The van der Waals surface area contributed by atoms with Crippen LogP contribution < -0.4 is 5.32 Å². The molecule has 0 aromatic heterocycles. The summed E-state index contributed by atoms with van der Waals surface area (Å²) in [6, 6.07) is 9.46. The first-order chi connectivity index (χ1) is 11.1. The molecule has 0 radical (unpaired) electrons. The van der Waals surface area contributed by atoms with E-state index < -0.39 is 0 Å². The Balaban J connectivity index is 2.71. The molecule has 0 saturated carbocycles. The van der Waals surface area contributed by atoms with Gasteiger partial charge in [0.05, 0.1) is 0 Å². The highest BCUT2D eigenvalue weighted by molar-refractivity contribution is 5.87. The van der Waals surface area contributed by atoms with Gasteiger partial charge < -0.3 is 10.2 Å². The minimum Gasteiger partial charge on any atom is -0.350 e. The molecular weight excluding hydrogens is 288 g/mol.